The Morgan fingerprint density at radius 1 is 1.40 bits per heavy atom. The number of piperidine rings is 1. The minimum absolute atomic E-state index is 0.181. The Labute approximate surface area is 117 Å². The molecule has 1 atom stereocenters. The Morgan fingerprint density at radius 3 is 2.85 bits per heavy atom. The second-order valence-corrected chi connectivity index (χ2v) is 5.93. The van der Waals surface area contributed by atoms with Gasteiger partial charge in [-0.3, -0.25) is 14.5 Å². The summed E-state index contributed by atoms with van der Waals surface area (Å²) in [6, 6.07) is -0.458. The zero-order chi connectivity index (χ0) is 14.2. The van der Waals surface area contributed by atoms with Crippen molar-refractivity contribution in [3.8, 4) is 0 Å². The molecule has 2 heterocycles. The molecule has 4 amide bonds. The normalized spacial score (nSPS) is 29.7. The summed E-state index contributed by atoms with van der Waals surface area (Å²) in [5.74, 6) is 0.0356. The molecule has 1 aliphatic carbocycles. The van der Waals surface area contributed by atoms with Crippen LogP contribution in [0.25, 0.3) is 0 Å². The van der Waals surface area contributed by atoms with Crippen LogP contribution in [0.3, 0.4) is 0 Å². The average Bonchev–Trinajstić information content (AvgIpc) is 3.23. The minimum atomic E-state index is -0.841. The van der Waals surface area contributed by atoms with Crippen LogP contribution < -0.4 is 16.0 Å². The Kier molecular flexibility index (Phi) is 3.37. The minimum Gasteiger partial charge on any atom is -0.354 e. The summed E-state index contributed by atoms with van der Waals surface area (Å²) in [4.78, 5) is 37.2. The first-order chi connectivity index (χ1) is 9.61. The molecule has 0 aromatic carbocycles. The lowest BCUT2D eigenvalue weighted by molar-refractivity contribution is -0.135. The Bertz CT molecular complexity index is 441. The van der Waals surface area contributed by atoms with Gasteiger partial charge in [-0.25, -0.2) is 4.79 Å². The van der Waals surface area contributed by atoms with Gasteiger partial charge in [0.1, 0.15) is 12.1 Å². The fraction of sp³-hybridized carbons (Fsp3) is 0.769. The van der Waals surface area contributed by atoms with Crippen LogP contribution in [-0.4, -0.2) is 54.5 Å². The summed E-state index contributed by atoms with van der Waals surface area (Å²) in [6.45, 7) is 1.76. The smallest absolute Gasteiger partial charge is 0.325 e. The lowest BCUT2D eigenvalue weighted by atomic mass is 9.90. The molecule has 3 rings (SSSR count). The van der Waals surface area contributed by atoms with Crippen molar-refractivity contribution in [3.63, 3.8) is 0 Å². The predicted octanol–water partition coefficient (Wildman–Crippen LogP) is -0.813. The number of imide groups is 1. The molecule has 1 spiro atoms. The molecule has 3 fully saturated rings. The first-order valence-electron chi connectivity index (χ1n) is 7.22. The SMILES string of the molecule is O=C(CN1C(=O)NC2(CCCNC2)C1=O)NCC1CC1. The van der Waals surface area contributed by atoms with Gasteiger partial charge in [0, 0.05) is 13.1 Å². The van der Waals surface area contributed by atoms with Crippen LogP contribution in [0.2, 0.25) is 0 Å². The second kappa shape index (κ2) is 5.05. The first kappa shape index (κ1) is 13.4. The Hall–Kier alpha value is -1.63. The quantitative estimate of drug-likeness (QED) is 0.587. The van der Waals surface area contributed by atoms with Gasteiger partial charge in [0.2, 0.25) is 5.91 Å². The van der Waals surface area contributed by atoms with E-state index in [0.717, 1.165) is 30.7 Å². The van der Waals surface area contributed by atoms with Crippen molar-refractivity contribution < 1.29 is 14.4 Å². The molecule has 3 aliphatic rings. The standard InChI is InChI=1S/C13H20N4O3/c18-10(15-6-9-2-3-9)7-17-11(19)13(16-12(17)20)4-1-5-14-8-13/h9,14H,1-8H2,(H,15,18)(H,16,20). The van der Waals surface area contributed by atoms with Gasteiger partial charge in [-0.1, -0.05) is 0 Å². The van der Waals surface area contributed by atoms with Crippen molar-refractivity contribution in [2.45, 2.75) is 31.2 Å². The van der Waals surface area contributed by atoms with Gasteiger partial charge in [-0.15, -0.1) is 0 Å². The lowest BCUT2D eigenvalue weighted by Crippen LogP contribution is -2.57. The van der Waals surface area contributed by atoms with E-state index in [1.165, 1.54) is 0 Å². The van der Waals surface area contributed by atoms with Crippen molar-refractivity contribution in [3.05, 3.63) is 0 Å². The van der Waals surface area contributed by atoms with Gasteiger partial charge < -0.3 is 16.0 Å². The Balaban J connectivity index is 1.59. The van der Waals surface area contributed by atoms with Crippen LogP contribution in [0.1, 0.15) is 25.7 Å². The summed E-state index contributed by atoms with van der Waals surface area (Å²) in [6.07, 6.45) is 3.77. The zero-order valence-corrected chi connectivity index (χ0v) is 11.4. The summed E-state index contributed by atoms with van der Waals surface area (Å²) in [5, 5.41) is 8.65. The summed E-state index contributed by atoms with van der Waals surface area (Å²) in [5.41, 5.74) is -0.841. The van der Waals surface area contributed by atoms with E-state index in [9.17, 15) is 14.4 Å². The molecule has 3 N–H and O–H groups in total. The van der Waals surface area contributed by atoms with Gasteiger partial charge in [0.25, 0.3) is 5.91 Å². The number of nitrogens with zero attached hydrogens (tertiary/aromatic N) is 1. The number of rotatable bonds is 4. The molecular formula is C13H20N4O3. The molecule has 7 heteroatoms. The molecule has 1 unspecified atom stereocenters. The predicted molar refractivity (Wildman–Crippen MR) is 70.8 cm³/mol. The van der Waals surface area contributed by atoms with E-state index in [1.54, 1.807) is 0 Å². The maximum absolute atomic E-state index is 12.4. The van der Waals surface area contributed by atoms with Crippen LogP contribution in [0.15, 0.2) is 0 Å². The third-order valence-corrected chi connectivity index (χ3v) is 4.22. The summed E-state index contributed by atoms with van der Waals surface area (Å²) >= 11 is 0. The maximum atomic E-state index is 12.4. The molecule has 110 valence electrons. The fourth-order valence-electron chi connectivity index (χ4n) is 2.79. The highest BCUT2D eigenvalue weighted by molar-refractivity contribution is 6.09. The molecule has 2 aliphatic heterocycles. The highest BCUT2D eigenvalue weighted by Gasteiger charge is 2.51. The highest BCUT2D eigenvalue weighted by Crippen LogP contribution is 2.27. The molecular weight excluding hydrogens is 260 g/mol. The third kappa shape index (κ3) is 2.49. The van der Waals surface area contributed by atoms with Crippen LogP contribution in [0.5, 0.6) is 0 Å². The number of amides is 4. The van der Waals surface area contributed by atoms with E-state index in [2.05, 4.69) is 16.0 Å². The third-order valence-electron chi connectivity index (χ3n) is 4.22. The molecule has 0 aromatic heterocycles. The zero-order valence-electron chi connectivity index (χ0n) is 11.4. The molecule has 0 aromatic rings. The Morgan fingerprint density at radius 2 is 2.20 bits per heavy atom. The van der Waals surface area contributed by atoms with Crippen molar-refractivity contribution in [1.82, 2.24) is 20.9 Å². The largest absolute Gasteiger partial charge is 0.354 e. The number of carbonyl (C=O) groups excluding carboxylic acids is 3. The van der Waals surface area contributed by atoms with Crippen LogP contribution in [0, 0.1) is 5.92 Å². The first-order valence-corrected chi connectivity index (χ1v) is 7.22. The topological polar surface area (TPSA) is 90.5 Å². The lowest BCUT2D eigenvalue weighted by Gasteiger charge is -2.31. The van der Waals surface area contributed by atoms with Crippen LogP contribution >= 0.6 is 0 Å². The molecule has 2 saturated heterocycles. The molecule has 0 bridgehead atoms. The van der Waals surface area contributed by atoms with E-state index in [4.69, 9.17) is 0 Å². The van der Waals surface area contributed by atoms with E-state index >= 15 is 0 Å². The molecule has 1 saturated carbocycles. The highest BCUT2D eigenvalue weighted by atomic mass is 16.2. The number of hydrogen-bond donors (Lipinski definition) is 3. The molecule has 7 nitrogen and oxygen atoms in total. The van der Waals surface area contributed by atoms with E-state index in [0.29, 0.717) is 25.4 Å². The monoisotopic (exact) mass is 280 g/mol. The van der Waals surface area contributed by atoms with E-state index in [1.807, 2.05) is 0 Å². The van der Waals surface area contributed by atoms with Gasteiger partial charge in [0.15, 0.2) is 0 Å². The van der Waals surface area contributed by atoms with Crippen molar-refractivity contribution >= 4 is 17.8 Å². The number of nitrogens with one attached hydrogen (secondary N) is 3. The van der Waals surface area contributed by atoms with Crippen LogP contribution in [-0.2, 0) is 9.59 Å². The molecule has 0 radical (unpaired) electrons. The van der Waals surface area contributed by atoms with E-state index in [-0.39, 0.29) is 18.4 Å². The van der Waals surface area contributed by atoms with Gasteiger partial charge in [0.05, 0.1) is 0 Å². The summed E-state index contributed by atoms with van der Waals surface area (Å²) < 4.78 is 0. The average molecular weight is 280 g/mol. The molecule has 20 heavy (non-hydrogen) atoms. The van der Waals surface area contributed by atoms with Crippen molar-refractivity contribution in [2.24, 2.45) is 5.92 Å². The maximum Gasteiger partial charge on any atom is 0.325 e. The van der Waals surface area contributed by atoms with Gasteiger partial charge >= 0.3 is 6.03 Å². The van der Waals surface area contributed by atoms with Gasteiger partial charge in [-0.05, 0) is 38.1 Å². The van der Waals surface area contributed by atoms with E-state index < -0.39 is 11.6 Å². The second-order valence-electron chi connectivity index (χ2n) is 5.93. The van der Waals surface area contributed by atoms with Gasteiger partial charge in [-0.2, -0.15) is 0 Å². The van der Waals surface area contributed by atoms with Crippen molar-refractivity contribution in [1.29, 1.82) is 0 Å². The van der Waals surface area contributed by atoms with Crippen molar-refractivity contribution in [2.75, 3.05) is 26.2 Å². The number of carbonyl (C=O) groups is 3. The van der Waals surface area contributed by atoms with Crippen LogP contribution in [0.4, 0.5) is 4.79 Å². The summed E-state index contributed by atoms with van der Waals surface area (Å²) in [7, 11) is 0. The fourth-order valence-corrected chi connectivity index (χ4v) is 2.79. The number of hydrogen-bond acceptors (Lipinski definition) is 4. The number of urea groups is 1.